The van der Waals surface area contributed by atoms with Crippen molar-refractivity contribution in [1.82, 2.24) is 4.90 Å². The molecule has 0 saturated heterocycles. The summed E-state index contributed by atoms with van der Waals surface area (Å²) in [4.78, 5) is 25.3. The van der Waals surface area contributed by atoms with Crippen LogP contribution in [0.1, 0.15) is 48.5 Å². The highest BCUT2D eigenvalue weighted by atomic mass is 16.6. The van der Waals surface area contributed by atoms with Crippen molar-refractivity contribution in [3.63, 3.8) is 0 Å². The number of nitro benzene ring substituents is 1. The van der Waals surface area contributed by atoms with Gasteiger partial charge in [-0.2, -0.15) is 0 Å². The van der Waals surface area contributed by atoms with Gasteiger partial charge in [0.15, 0.2) is 0 Å². The monoisotopic (exact) mass is 424 g/mol. The zero-order chi connectivity index (χ0) is 22.6. The van der Waals surface area contributed by atoms with Crippen LogP contribution in [0, 0.1) is 16.0 Å². The Morgan fingerprint density at radius 1 is 1.10 bits per heavy atom. The molecule has 2 aromatic rings. The van der Waals surface area contributed by atoms with E-state index in [-0.39, 0.29) is 11.6 Å². The molecule has 0 heterocycles. The van der Waals surface area contributed by atoms with Crippen LogP contribution in [0.15, 0.2) is 60.7 Å². The standard InChI is InChI=1S/C25H32N2O4/c1-4-5-7-12-22(19-26(2)3)24(18-13-20-10-8-6-9-11-20)31-25(28)21-14-16-23(17-15-21)27(29)30/h6,8-11,13-18,22,24H,4-5,7,12,19H2,1-3H3. The lowest BCUT2D eigenvalue weighted by Crippen LogP contribution is -2.33. The Kier molecular flexibility index (Phi) is 9.91. The number of hydrogen-bond donors (Lipinski definition) is 0. The van der Waals surface area contributed by atoms with Crippen molar-refractivity contribution in [2.45, 2.75) is 38.7 Å². The predicted molar refractivity (Wildman–Crippen MR) is 124 cm³/mol. The molecule has 6 nitrogen and oxygen atoms in total. The first-order chi connectivity index (χ1) is 14.9. The highest BCUT2D eigenvalue weighted by Gasteiger charge is 2.24. The summed E-state index contributed by atoms with van der Waals surface area (Å²) in [6.07, 6.45) is 7.82. The van der Waals surface area contributed by atoms with E-state index in [0.717, 1.165) is 37.8 Å². The third kappa shape index (κ3) is 8.34. The van der Waals surface area contributed by atoms with Gasteiger partial charge in [-0.15, -0.1) is 0 Å². The molecule has 0 aliphatic rings. The number of carbonyl (C=O) groups is 1. The van der Waals surface area contributed by atoms with E-state index >= 15 is 0 Å². The van der Waals surface area contributed by atoms with Gasteiger partial charge in [0.05, 0.1) is 10.5 Å². The Morgan fingerprint density at radius 3 is 2.35 bits per heavy atom. The van der Waals surface area contributed by atoms with Gasteiger partial charge in [0.1, 0.15) is 6.10 Å². The SMILES string of the molecule is CCCCCC(CN(C)C)C(C=Cc1ccccc1)OC(=O)c1ccc([N+](=O)[O-])cc1. The number of benzene rings is 2. The summed E-state index contributed by atoms with van der Waals surface area (Å²) in [7, 11) is 4.03. The number of non-ortho nitro benzene ring substituents is 1. The predicted octanol–water partition coefficient (Wildman–Crippen LogP) is 5.59. The Hall–Kier alpha value is -2.99. The quantitative estimate of drug-likeness (QED) is 0.192. The van der Waals surface area contributed by atoms with Gasteiger partial charge in [0.2, 0.25) is 0 Å². The molecule has 0 fully saturated rings. The molecule has 0 bridgehead atoms. The minimum atomic E-state index is -0.485. The maximum atomic E-state index is 12.8. The third-order valence-corrected chi connectivity index (χ3v) is 5.08. The molecule has 2 unspecified atom stereocenters. The molecule has 2 rings (SSSR count). The molecule has 2 aromatic carbocycles. The van der Waals surface area contributed by atoms with Crippen molar-refractivity contribution >= 4 is 17.7 Å². The van der Waals surface area contributed by atoms with Crippen molar-refractivity contribution in [3.05, 3.63) is 81.9 Å². The topological polar surface area (TPSA) is 72.7 Å². The van der Waals surface area contributed by atoms with Gasteiger partial charge in [-0.05, 0) is 44.3 Å². The molecule has 0 aliphatic carbocycles. The fourth-order valence-corrected chi connectivity index (χ4v) is 3.46. The number of unbranched alkanes of at least 4 members (excludes halogenated alkanes) is 2. The summed E-state index contributed by atoms with van der Waals surface area (Å²) < 4.78 is 5.93. The molecule has 0 radical (unpaired) electrons. The van der Waals surface area contributed by atoms with Crippen LogP contribution in [0.2, 0.25) is 0 Å². The lowest BCUT2D eigenvalue weighted by molar-refractivity contribution is -0.384. The number of nitrogens with zero attached hydrogens (tertiary/aromatic N) is 2. The second-order valence-electron chi connectivity index (χ2n) is 7.96. The molecule has 0 saturated carbocycles. The van der Waals surface area contributed by atoms with Gasteiger partial charge in [-0.1, -0.05) is 62.6 Å². The van der Waals surface area contributed by atoms with E-state index in [1.807, 2.05) is 56.6 Å². The second kappa shape index (κ2) is 12.6. The van der Waals surface area contributed by atoms with Crippen LogP contribution in [-0.4, -0.2) is 42.5 Å². The maximum absolute atomic E-state index is 12.8. The van der Waals surface area contributed by atoms with Crippen LogP contribution in [0.3, 0.4) is 0 Å². The number of carbonyl (C=O) groups excluding carboxylic acids is 1. The van der Waals surface area contributed by atoms with E-state index in [0.29, 0.717) is 5.56 Å². The van der Waals surface area contributed by atoms with Gasteiger partial charge in [-0.3, -0.25) is 10.1 Å². The van der Waals surface area contributed by atoms with Gasteiger partial charge >= 0.3 is 5.97 Å². The van der Waals surface area contributed by atoms with Crippen molar-refractivity contribution in [1.29, 1.82) is 0 Å². The van der Waals surface area contributed by atoms with Gasteiger partial charge in [0, 0.05) is 24.6 Å². The average Bonchev–Trinajstić information content (AvgIpc) is 2.76. The van der Waals surface area contributed by atoms with Gasteiger partial charge < -0.3 is 9.64 Å². The number of hydrogen-bond acceptors (Lipinski definition) is 5. The summed E-state index contributed by atoms with van der Waals surface area (Å²) in [5.41, 5.74) is 1.29. The molecule has 0 spiro atoms. The molecule has 0 aromatic heterocycles. The normalized spacial score (nSPS) is 13.3. The lowest BCUT2D eigenvalue weighted by Gasteiger charge is -2.27. The molecule has 0 amide bonds. The van der Waals surface area contributed by atoms with E-state index < -0.39 is 17.0 Å². The maximum Gasteiger partial charge on any atom is 0.338 e. The number of rotatable bonds is 12. The fourth-order valence-electron chi connectivity index (χ4n) is 3.46. The summed E-state index contributed by atoms with van der Waals surface area (Å²) >= 11 is 0. The van der Waals surface area contributed by atoms with E-state index in [1.165, 1.54) is 24.3 Å². The fraction of sp³-hybridized carbons (Fsp3) is 0.400. The van der Waals surface area contributed by atoms with E-state index in [1.54, 1.807) is 0 Å². The molecule has 0 N–H and O–H groups in total. The van der Waals surface area contributed by atoms with Crippen molar-refractivity contribution in [3.8, 4) is 0 Å². The molecule has 2 atom stereocenters. The molecule has 166 valence electrons. The van der Waals surface area contributed by atoms with E-state index in [4.69, 9.17) is 4.74 Å². The van der Waals surface area contributed by atoms with Crippen LogP contribution in [0.5, 0.6) is 0 Å². The first-order valence-corrected chi connectivity index (χ1v) is 10.7. The van der Waals surface area contributed by atoms with Crippen molar-refractivity contribution in [2.24, 2.45) is 5.92 Å². The van der Waals surface area contributed by atoms with Crippen LogP contribution < -0.4 is 0 Å². The van der Waals surface area contributed by atoms with Crippen molar-refractivity contribution in [2.75, 3.05) is 20.6 Å². The number of esters is 1. The number of nitro groups is 1. The third-order valence-electron chi connectivity index (χ3n) is 5.08. The Balaban J connectivity index is 2.24. The summed E-state index contributed by atoms with van der Waals surface area (Å²) in [6, 6.07) is 15.4. The van der Waals surface area contributed by atoms with Crippen LogP contribution >= 0.6 is 0 Å². The smallest absolute Gasteiger partial charge is 0.338 e. The second-order valence-corrected chi connectivity index (χ2v) is 7.96. The first kappa shape index (κ1) is 24.3. The zero-order valence-corrected chi connectivity index (χ0v) is 18.6. The Morgan fingerprint density at radius 2 is 1.77 bits per heavy atom. The molecular formula is C25H32N2O4. The molecule has 6 heteroatoms. The lowest BCUT2D eigenvalue weighted by atomic mass is 9.93. The highest BCUT2D eigenvalue weighted by molar-refractivity contribution is 5.89. The zero-order valence-electron chi connectivity index (χ0n) is 18.6. The van der Waals surface area contributed by atoms with Crippen LogP contribution in [0.25, 0.3) is 6.08 Å². The largest absolute Gasteiger partial charge is 0.454 e. The summed E-state index contributed by atoms with van der Waals surface area (Å²) in [6.45, 7) is 2.96. The minimum absolute atomic E-state index is 0.0536. The van der Waals surface area contributed by atoms with E-state index in [9.17, 15) is 14.9 Å². The van der Waals surface area contributed by atoms with Crippen LogP contribution in [-0.2, 0) is 4.74 Å². The highest BCUT2D eigenvalue weighted by Crippen LogP contribution is 2.22. The van der Waals surface area contributed by atoms with Crippen molar-refractivity contribution < 1.29 is 14.5 Å². The Labute approximate surface area is 184 Å². The van der Waals surface area contributed by atoms with Gasteiger partial charge in [-0.25, -0.2) is 4.79 Å². The van der Waals surface area contributed by atoms with Crippen LogP contribution in [0.4, 0.5) is 5.69 Å². The minimum Gasteiger partial charge on any atom is -0.454 e. The number of ether oxygens (including phenoxy) is 1. The summed E-state index contributed by atoms with van der Waals surface area (Å²) in [5.74, 6) is -0.333. The van der Waals surface area contributed by atoms with E-state index in [2.05, 4.69) is 11.8 Å². The average molecular weight is 425 g/mol. The van der Waals surface area contributed by atoms with Gasteiger partial charge in [0.25, 0.3) is 5.69 Å². The molecule has 31 heavy (non-hydrogen) atoms. The Bertz CT molecular complexity index is 848. The first-order valence-electron chi connectivity index (χ1n) is 10.7. The molecular weight excluding hydrogens is 392 g/mol. The molecule has 0 aliphatic heterocycles. The summed E-state index contributed by atoms with van der Waals surface area (Å²) in [5, 5.41) is 10.9.